The molecule has 1 aliphatic rings. The van der Waals surface area contributed by atoms with Crippen molar-refractivity contribution in [1.29, 1.82) is 0 Å². The van der Waals surface area contributed by atoms with E-state index in [2.05, 4.69) is 34.6 Å². The molecule has 1 N–H and O–H groups in total. The molecule has 0 aliphatic carbocycles. The Balaban J connectivity index is 0.00000484. The molecule has 0 aromatic heterocycles. The maximum atomic E-state index is 12.8. The standard InChI is InChI=1S/C18H32NO3.U/c1-7-14-9-15(17(21)22)19(11-18(5,6)10-14)16(20)13(4)8-12(2)3;/h12,14-15H,7-11H2,1-6H3,(H,21,22);/q-1;. The Labute approximate surface area is 165 Å². The molecule has 0 aromatic rings. The molecule has 0 radical (unpaired) electrons. The van der Waals surface area contributed by atoms with Crippen molar-refractivity contribution < 1.29 is 45.8 Å². The Morgan fingerprint density at radius 2 is 1.91 bits per heavy atom. The monoisotopic (exact) mass is 548 g/mol. The van der Waals surface area contributed by atoms with Gasteiger partial charge in [-0.3, -0.25) is 5.92 Å². The third kappa shape index (κ3) is 6.71. The second kappa shape index (κ2) is 9.37. The summed E-state index contributed by atoms with van der Waals surface area (Å²) in [5, 5.41) is 9.63. The number of carboxylic acids is 1. The zero-order chi connectivity index (χ0) is 17.1. The second-order valence-electron chi connectivity index (χ2n) is 8.04. The molecule has 1 heterocycles. The van der Waals surface area contributed by atoms with Gasteiger partial charge in [0.25, 0.3) is 0 Å². The van der Waals surface area contributed by atoms with Crippen LogP contribution >= 0.6 is 0 Å². The van der Waals surface area contributed by atoms with Crippen molar-refractivity contribution in [2.45, 2.75) is 73.3 Å². The summed E-state index contributed by atoms with van der Waals surface area (Å²) in [6.07, 6.45) is 3.22. The maximum Gasteiger partial charge on any atom is 0.326 e. The van der Waals surface area contributed by atoms with Crippen LogP contribution in [0.15, 0.2) is 0 Å². The normalized spacial score (nSPS) is 23.9. The number of carbonyl (C=O) groups is 2. The molecule has 1 saturated heterocycles. The van der Waals surface area contributed by atoms with Gasteiger partial charge in [0.05, 0.1) is 5.91 Å². The largest absolute Gasteiger partial charge is 0.480 e. The minimum absolute atomic E-state index is 0. The van der Waals surface area contributed by atoms with Crippen LogP contribution in [-0.2, 0) is 9.59 Å². The first-order valence-electron chi connectivity index (χ1n) is 8.43. The van der Waals surface area contributed by atoms with Crippen LogP contribution in [0.5, 0.6) is 0 Å². The van der Waals surface area contributed by atoms with Gasteiger partial charge in [-0.05, 0) is 24.2 Å². The maximum absolute atomic E-state index is 12.8. The molecular formula is C18H32NO3U-. The Kier molecular flexibility index (Phi) is 9.32. The summed E-state index contributed by atoms with van der Waals surface area (Å²) >= 11 is 0. The molecular weight excluding hydrogens is 516 g/mol. The Bertz CT molecular complexity index is 409. The van der Waals surface area contributed by atoms with Gasteiger partial charge in [-0.2, -0.15) is 13.3 Å². The predicted octanol–water partition coefficient (Wildman–Crippen LogP) is 3.75. The molecule has 1 aliphatic heterocycles. The van der Waals surface area contributed by atoms with Gasteiger partial charge in [-0.25, -0.2) is 4.79 Å². The van der Waals surface area contributed by atoms with Crippen LogP contribution in [0.1, 0.15) is 67.2 Å². The van der Waals surface area contributed by atoms with Crippen molar-refractivity contribution in [2.24, 2.45) is 17.3 Å². The zero-order valence-electron chi connectivity index (χ0n) is 15.5. The van der Waals surface area contributed by atoms with Crippen LogP contribution in [0.25, 0.3) is 0 Å². The summed E-state index contributed by atoms with van der Waals surface area (Å²) in [4.78, 5) is 26.2. The van der Waals surface area contributed by atoms with E-state index in [9.17, 15) is 14.7 Å². The molecule has 0 saturated carbocycles. The fourth-order valence-electron chi connectivity index (χ4n) is 3.65. The van der Waals surface area contributed by atoms with Gasteiger partial charge >= 0.3 is 5.97 Å². The molecule has 0 aromatic carbocycles. The number of carboxylic acid groups (broad SMARTS) is 1. The van der Waals surface area contributed by atoms with Crippen molar-refractivity contribution in [3.63, 3.8) is 0 Å². The molecule has 4 nitrogen and oxygen atoms in total. The topological polar surface area (TPSA) is 57.6 Å². The quantitative estimate of drug-likeness (QED) is 0.533. The fourth-order valence-corrected chi connectivity index (χ4v) is 3.65. The summed E-state index contributed by atoms with van der Waals surface area (Å²) in [5.41, 5.74) is -0.0430. The van der Waals surface area contributed by atoms with Crippen LogP contribution in [0.3, 0.4) is 0 Å². The van der Waals surface area contributed by atoms with E-state index in [1.54, 1.807) is 4.90 Å². The molecule has 132 valence electrons. The molecule has 2 unspecified atom stereocenters. The molecule has 5 heteroatoms. The summed E-state index contributed by atoms with van der Waals surface area (Å²) in [6, 6.07) is -0.693. The Hall–Kier alpha value is -0.138. The van der Waals surface area contributed by atoms with Crippen molar-refractivity contribution in [3.05, 3.63) is 5.92 Å². The number of aliphatic carboxylic acids is 1. The Morgan fingerprint density at radius 1 is 1.35 bits per heavy atom. The fraction of sp³-hybridized carbons (Fsp3) is 0.833. The number of amides is 1. The Morgan fingerprint density at radius 3 is 2.35 bits per heavy atom. The summed E-state index contributed by atoms with van der Waals surface area (Å²) in [7, 11) is 0. The molecule has 1 amide bonds. The van der Waals surface area contributed by atoms with Gasteiger partial charge in [0.2, 0.25) is 0 Å². The van der Waals surface area contributed by atoms with E-state index in [0.29, 0.717) is 24.8 Å². The van der Waals surface area contributed by atoms with Crippen LogP contribution in [0.2, 0.25) is 0 Å². The van der Waals surface area contributed by atoms with Gasteiger partial charge in [0.1, 0.15) is 6.04 Å². The molecule has 1 fully saturated rings. The number of carbonyl (C=O) groups excluding carboxylic acids is 1. The number of nitrogens with zero attached hydrogens (tertiary/aromatic N) is 1. The van der Waals surface area contributed by atoms with E-state index < -0.39 is 12.0 Å². The molecule has 0 bridgehead atoms. The van der Waals surface area contributed by atoms with Crippen molar-refractivity contribution in [1.82, 2.24) is 4.90 Å². The minimum atomic E-state index is -0.873. The van der Waals surface area contributed by atoms with E-state index in [0.717, 1.165) is 25.2 Å². The van der Waals surface area contributed by atoms with Gasteiger partial charge in [0, 0.05) is 37.7 Å². The summed E-state index contributed by atoms with van der Waals surface area (Å²) < 4.78 is 0. The number of hydrogen-bond acceptors (Lipinski definition) is 2. The van der Waals surface area contributed by atoms with E-state index >= 15 is 0 Å². The number of hydrogen-bond donors (Lipinski definition) is 1. The van der Waals surface area contributed by atoms with E-state index in [-0.39, 0.29) is 42.4 Å². The van der Waals surface area contributed by atoms with E-state index in [1.807, 2.05) is 6.92 Å². The molecule has 23 heavy (non-hydrogen) atoms. The molecule has 0 spiro atoms. The number of likely N-dealkylation sites (tertiary alicyclic amines) is 1. The van der Waals surface area contributed by atoms with Crippen LogP contribution < -0.4 is 0 Å². The molecule has 2 atom stereocenters. The van der Waals surface area contributed by atoms with Gasteiger partial charge < -0.3 is 14.8 Å². The first kappa shape index (κ1) is 22.9. The van der Waals surface area contributed by atoms with Crippen molar-refractivity contribution in [2.75, 3.05) is 6.54 Å². The average Bonchev–Trinajstić information content (AvgIpc) is 2.52. The summed E-state index contributed by atoms with van der Waals surface area (Å²) in [6.45, 7) is 12.9. The third-order valence-electron chi connectivity index (χ3n) is 4.58. The first-order chi connectivity index (χ1) is 10.1. The smallest absolute Gasteiger partial charge is 0.326 e. The minimum Gasteiger partial charge on any atom is -0.480 e. The second-order valence-corrected chi connectivity index (χ2v) is 8.04. The van der Waals surface area contributed by atoms with Gasteiger partial charge in [0.15, 0.2) is 0 Å². The number of rotatable bonds is 5. The molecule has 1 rings (SSSR count). The van der Waals surface area contributed by atoms with E-state index in [4.69, 9.17) is 0 Å². The zero-order valence-corrected chi connectivity index (χ0v) is 19.6. The van der Waals surface area contributed by atoms with E-state index in [1.165, 1.54) is 0 Å². The average molecular weight is 548 g/mol. The van der Waals surface area contributed by atoms with Crippen LogP contribution in [0.4, 0.5) is 0 Å². The first-order valence-corrected chi connectivity index (χ1v) is 8.43. The third-order valence-corrected chi connectivity index (χ3v) is 4.58. The van der Waals surface area contributed by atoms with Gasteiger partial charge in [-0.15, -0.1) is 0 Å². The summed E-state index contributed by atoms with van der Waals surface area (Å²) in [5.74, 6) is 0.578. The predicted molar refractivity (Wildman–Crippen MR) is 88.3 cm³/mol. The van der Waals surface area contributed by atoms with Gasteiger partial charge in [-0.1, -0.05) is 47.0 Å². The van der Waals surface area contributed by atoms with Crippen molar-refractivity contribution >= 4 is 11.9 Å². The van der Waals surface area contributed by atoms with Crippen LogP contribution in [-0.4, -0.2) is 34.5 Å². The van der Waals surface area contributed by atoms with Crippen molar-refractivity contribution in [3.8, 4) is 0 Å². The SMILES string of the molecule is CCC1CC(C(=O)O)N(C(=O)[C-](C)CC(C)C)CC(C)(C)C1.[U]. The van der Waals surface area contributed by atoms with Crippen LogP contribution in [0, 0.1) is 54.3 Å².